The Kier molecular flexibility index (Phi) is 29.8. The van der Waals surface area contributed by atoms with Crippen LogP contribution in [0.3, 0.4) is 0 Å². The number of halogens is 2. The van der Waals surface area contributed by atoms with Crippen molar-refractivity contribution in [3.05, 3.63) is 35.4 Å². The van der Waals surface area contributed by atoms with Crippen LogP contribution in [0.5, 0.6) is 0 Å². The average Bonchev–Trinajstić information content (AvgIpc) is 1.65. The molecule has 28 nitrogen and oxygen atoms in total. The molecular formula is C68H105F2N15O13S2. The predicted molar refractivity (Wildman–Crippen MR) is 370 cm³/mol. The zero-order chi connectivity index (χ0) is 71.4. The number of amides is 10. The van der Waals surface area contributed by atoms with Crippen LogP contribution in [0, 0.1) is 29.6 Å². The Labute approximate surface area is 591 Å². The van der Waals surface area contributed by atoms with E-state index in [0.29, 0.717) is 121 Å². The first-order valence-corrected chi connectivity index (χ1v) is 38.4. The van der Waals surface area contributed by atoms with Crippen LogP contribution >= 0.6 is 23.5 Å². The first kappa shape index (κ1) is 77.9. The van der Waals surface area contributed by atoms with Crippen LogP contribution in [-0.2, 0) is 64.2 Å². The molecule has 0 spiro atoms. The molecule has 556 valence electrons. The lowest BCUT2D eigenvalue weighted by atomic mass is 9.76. The molecule has 100 heavy (non-hydrogen) atoms. The number of nitrogens with two attached hydrogens (primary N) is 2. The molecule has 6 heterocycles. The van der Waals surface area contributed by atoms with Gasteiger partial charge in [-0.3, -0.25) is 52.7 Å². The van der Waals surface area contributed by atoms with Crippen molar-refractivity contribution in [1.29, 1.82) is 0 Å². The standard InChI is InChI=1S/C68H105F2N15O13S2/c69-42-12-16-48-46(25-42)40(29-74-48)23-51-63(93)80-52(24-41-30-75-49-17-13-43(70)26-47(41)49)64(94)82-54(28-60(89)90)66(96)81-53(27-44-31-73-36-77-44)65(95)83-55(22-37-10-14-45(86)15-11-37)68(98)85-20-3-5-57(85)67(97)84-56(61(72)91)35-100-34-39-8-6-38(7-9-39)33-99-21-18-58(87)78-50(4-1-2-19-71)62(92)76-32-59(88)79-51/h6-9,37,40-57,73-75,77,86H,1-5,10-36,71H2,(H2,72,91)(H,76,92)(H,78,87)(H,79,88)(H,80,93)(H,81,96)(H,82,94)(H,83,95)(H,84,97)(H,89,90)/t37?,40?,41?,42?,43?,44?,45?,46?,47?,48?,49?,50-,51-,52-,53-,54-,55-,56-,57-/m0/s1. The third-order valence-electron chi connectivity index (χ3n) is 21.4. The topological polar surface area (TPSA) is 428 Å². The maximum atomic E-state index is 15.3. The SMILES string of the molecule is NCCCC[C@@H]1NC(=O)CCSCc2ccc(cc2)CSC[C@@H](C(N)=O)NC(=O)[C@@H]2CCCN2C(=O)[C@H](CC2CCC(O)CC2)NC(=O)[C@H](CC2CNCN2)NC(=O)[C@H](CC(=O)O)NC(=O)[C@H](CC2CNC3CCC(F)CC23)NC(=O)[C@H](CC2CNC3CCC(F)CC23)NC(=O)CNC1=O. The van der Waals surface area contributed by atoms with Gasteiger partial charge in [-0.05, 0) is 182 Å². The molecule has 17 atom stereocenters. The monoisotopic (exact) mass is 1440 g/mol. The van der Waals surface area contributed by atoms with E-state index in [-0.39, 0.29) is 106 Å². The van der Waals surface area contributed by atoms with E-state index in [4.69, 9.17) is 11.5 Å². The molecule has 18 N–H and O–H groups in total. The number of unbranched alkanes of at least 4 members (excludes halogenated alkanes) is 1. The lowest BCUT2D eigenvalue weighted by molar-refractivity contribution is -0.143. The Morgan fingerprint density at radius 3 is 1.75 bits per heavy atom. The van der Waals surface area contributed by atoms with Gasteiger partial charge in [-0.1, -0.05) is 24.3 Å². The van der Waals surface area contributed by atoms with Gasteiger partial charge in [0.15, 0.2) is 0 Å². The number of benzene rings is 1. The second-order valence-electron chi connectivity index (χ2n) is 28.7. The molecule has 9 unspecified atom stereocenters. The van der Waals surface area contributed by atoms with Gasteiger partial charge in [0.05, 0.1) is 19.1 Å². The van der Waals surface area contributed by atoms with Crippen molar-refractivity contribution >= 4 is 88.6 Å². The van der Waals surface area contributed by atoms with Crippen molar-refractivity contribution in [3.63, 3.8) is 0 Å². The van der Waals surface area contributed by atoms with Crippen LogP contribution in [0.2, 0.25) is 0 Å². The maximum Gasteiger partial charge on any atom is 0.305 e. The molecule has 1 aromatic rings. The molecule has 6 aliphatic heterocycles. The lowest BCUT2D eigenvalue weighted by Crippen LogP contribution is -2.61. The van der Waals surface area contributed by atoms with Crippen LogP contribution in [0.1, 0.15) is 146 Å². The minimum atomic E-state index is -1.90. The Bertz CT molecular complexity index is 2990. The van der Waals surface area contributed by atoms with Crippen LogP contribution in [-0.4, -0.2) is 223 Å². The summed E-state index contributed by atoms with van der Waals surface area (Å²) in [6.45, 7) is 1.19. The number of hydrogen-bond acceptors (Lipinski definition) is 19. The van der Waals surface area contributed by atoms with Gasteiger partial charge in [-0.15, -0.1) is 0 Å². The van der Waals surface area contributed by atoms with Gasteiger partial charge in [-0.25, -0.2) is 8.78 Å². The van der Waals surface area contributed by atoms with E-state index in [1.807, 2.05) is 24.3 Å². The normalized spacial score (nSPS) is 34.9. The van der Waals surface area contributed by atoms with E-state index in [2.05, 4.69) is 63.8 Å². The quantitative estimate of drug-likeness (QED) is 0.0757. The van der Waals surface area contributed by atoms with Crippen molar-refractivity contribution in [1.82, 2.24) is 68.7 Å². The lowest BCUT2D eigenvalue weighted by Gasteiger charge is -2.34. The number of carbonyl (C=O) groups is 11. The smallest absolute Gasteiger partial charge is 0.305 e. The van der Waals surface area contributed by atoms with Gasteiger partial charge in [0.2, 0.25) is 59.1 Å². The number of carbonyl (C=O) groups excluding carboxylic acids is 10. The molecule has 0 radical (unpaired) electrons. The number of rotatable bonds is 15. The van der Waals surface area contributed by atoms with E-state index in [1.165, 1.54) is 28.4 Å². The number of carboxylic acids is 1. The number of aliphatic hydroxyl groups excluding tert-OH is 1. The molecule has 10 rings (SSSR count). The molecule has 3 aliphatic carbocycles. The number of thioether (sulfide) groups is 2. The zero-order valence-electron chi connectivity index (χ0n) is 57.0. The van der Waals surface area contributed by atoms with Crippen LogP contribution in [0.15, 0.2) is 24.3 Å². The fraction of sp³-hybridized carbons (Fsp3) is 0.750. The highest BCUT2D eigenvalue weighted by Crippen LogP contribution is 2.40. The van der Waals surface area contributed by atoms with Crippen molar-refractivity contribution in [2.75, 3.05) is 57.4 Å². The van der Waals surface area contributed by atoms with E-state index in [0.717, 1.165) is 11.1 Å². The molecule has 4 saturated heterocycles. The van der Waals surface area contributed by atoms with E-state index >= 15 is 28.0 Å². The van der Waals surface area contributed by atoms with Crippen molar-refractivity contribution < 1.29 is 71.7 Å². The molecule has 0 aromatic heterocycles. The summed E-state index contributed by atoms with van der Waals surface area (Å²) >= 11 is 2.88. The minimum Gasteiger partial charge on any atom is -0.481 e. The molecule has 32 heteroatoms. The number of hydrogen-bond donors (Lipinski definition) is 16. The van der Waals surface area contributed by atoms with Crippen molar-refractivity contribution in [2.24, 2.45) is 41.1 Å². The minimum absolute atomic E-state index is 0.0410. The highest BCUT2D eigenvalue weighted by atomic mass is 32.2. The van der Waals surface area contributed by atoms with Gasteiger partial charge in [0, 0.05) is 67.3 Å². The Hall–Kier alpha value is -6.29. The third kappa shape index (κ3) is 22.9. The Balaban J connectivity index is 1.01. The first-order valence-electron chi connectivity index (χ1n) is 36.1. The maximum absolute atomic E-state index is 15.3. The number of carboxylic acid groups (broad SMARTS) is 1. The Morgan fingerprint density at radius 1 is 0.590 bits per heavy atom. The molecule has 10 amide bonds. The largest absolute Gasteiger partial charge is 0.481 e. The third-order valence-corrected chi connectivity index (χ3v) is 23.6. The van der Waals surface area contributed by atoms with Gasteiger partial charge >= 0.3 is 5.97 Å². The van der Waals surface area contributed by atoms with Crippen molar-refractivity contribution in [3.8, 4) is 0 Å². The van der Waals surface area contributed by atoms with Gasteiger partial charge in [0.25, 0.3) is 0 Å². The van der Waals surface area contributed by atoms with E-state index < -0.39 is 157 Å². The van der Waals surface area contributed by atoms with E-state index in [9.17, 15) is 43.8 Å². The molecular weight excluding hydrogens is 1340 g/mol. The summed E-state index contributed by atoms with van der Waals surface area (Å²) in [5.74, 6) is -9.13. The van der Waals surface area contributed by atoms with Crippen LogP contribution < -0.4 is 75.3 Å². The molecule has 3 saturated carbocycles. The second kappa shape index (κ2) is 38.3. The van der Waals surface area contributed by atoms with Gasteiger partial charge in [-0.2, -0.15) is 23.5 Å². The van der Waals surface area contributed by atoms with Crippen molar-refractivity contribution in [2.45, 2.75) is 231 Å². The summed E-state index contributed by atoms with van der Waals surface area (Å²) in [6.07, 6.45) is 1.96. The van der Waals surface area contributed by atoms with Crippen LogP contribution in [0.4, 0.5) is 8.78 Å². The average molecular weight is 1440 g/mol. The summed E-state index contributed by atoms with van der Waals surface area (Å²) in [7, 11) is 0. The number of alkyl halides is 2. The van der Waals surface area contributed by atoms with E-state index in [1.54, 1.807) is 0 Å². The summed E-state index contributed by atoms with van der Waals surface area (Å²) in [4.78, 5) is 158. The number of nitrogens with zero attached hydrogens (tertiary/aromatic N) is 1. The number of primary amides is 1. The molecule has 7 fully saturated rings. The molecule has 1 aromatic carbocycles. The predicted octanol–water partition coefficient (Wildman–Crippen LogP) is -0.771. The summed E-state index contributed by atoms with van der Waals surface area (Å²) in [6, 6.07) is -3.69. The second-order valence-corrected chi connectivity index (χ2v) is 30.9. The van der Waals surface area contributed by atoms with Gasteiger partial charge in [0.1, 0.15) is 60.7 Å². The number of aliphatic hydroxyl groups is 1. The number of aliphatic carboxylic acids is 1. The fourth-order valence-electron chi connectivity index (χ4n) is 15.9. The number of fused-ring (bicyclic) bond motifs is 34. The van der Waals surface area contributed by atoms with Gasteiger partial charge < -0.3 is 90.4 Å². The Morgan fingerprint density at radius 2 is 1.16 bits per heavy atom. The summed E-state index contributed by atoms with van der Waals surface area (Å²) in [5, 5.41) is 56.0. The molecule has 9 aliphatic rings. The zero-order valence-corrected chi connectivity index (χ0v) is 58.6. The highest BCUT2D eigenvalue weighted by molar-refractivity contribution is 7.98. The number of nitrogens with one attached hydrogen (secondary N) is 12. The molecule has 2 bridgehead atoms. The van der Waals surface area contributed by atoms with Crippen LogP contribution in [0.25, 0.3) is 0 Å². The summed E-state index contributed by atoms with van der Waals surface area (Å²) in [5.41, 5.74) is 13.6. The first-order chi connectivity index (χ1) is 48.1. The fourth-order valence-corrected chi connectivity index (χ4v) is 17.8. The summed E-state index contributed by atoms with van der Waals surface area (Å²) < 4.78 is 30.4. The highest BCUT2D eigenvalue weighted by Gasteiger charge is 2.47.